The minimum atomic E-state index is -3.44. The molecule has 0 aliphatic carbocycles. The highest BCUT2D eigenvalue weighted by atomic mass is 31.2. The fourth-order valence-electron chi connectivity index (χ4n) is 4.22. The van der Waals surface area contributed by atoms with Gasteiger partial charge in [0.2, 0.25) is 0 Å². The van der Waals surface area contributed by atoms with Crippen molar-refractivity contribution in [1.29, 1.82) is 0 Å². The third-order valence-electron chi connectivity index (χ3n) is 5.69. The molecule has 0 amide bonds. The summed E-state index contributed by atoms with van der Waals surface area (Å²) in [5.74, 6) is -0.425. The van der Waals surface area contributed by atoms with E-state index >= 15 is 4.57 Å². The summed E-state index contributed by atoms with van der Waals surface area (Å²) in [6.07, 6.45) is 0. The zero-order valence-corrected chi connectivity index (χ0v) is 18.0. The second-order valence-corrected chi connectivity index (χ2v) is 10.3. The molecule has 0 atom stereocenters. The average Bonchev–Trinajstić information content (AvgIpc) is 2.85. The van der Waals surface area contributed by atoms with Crippen molar-refractivity contribution in [3.05, 3.63) is 121 Å². The smallest absolute Gasteiger partial charge is 0.172 e. The van der Waals surface area contributed by atoms with Gasteiger partial charge in [0.25, 0.3) is 0 Å². The second-order valence-electron chi connectivity index (χ2n) is 7.63. The summed E-state index contributed by atoms with van der Waals surface area (Å²) < 4.78 is 29.7. The molecule has 2 nitrogen and oxygen atoms in total. The van der Waals surface area contributed by atoms with Crippen molar-refractivity contribution in [3.8, 4) is 16.9 Å². The van der Waals surface area contributed by atoms with Crippen LogP contribution >= 0.6 is 7.14 Å². The third-order valence-corrected chi connectivity index (χ3v) is 8.85. The van der Waals surface area contributed by atoms with Gasteiger partial charge < -0.3 is 9.67 Å². The lowest BCUT2D eigenvalue weighted by atomic mass is 10.00. The van der Waals surface area contributed by atoms with Crippen LogP contribution in [0.3, 0.4) is 0 Å². The molecule has 5 aromatic rings. The molecule has 0 radical (unpaired) electrons. The molecule has 156 valence electrons. The van der Waals surface area contributed by atoms with Crippen LogP contribution in [0.25, 0.3) is 21.9 Å². The van der Waals surface area contributed by atoms with E-state index in [4.69, 9.17) is 0 Å². The van der Waals surface area contributed by atoms with Crippen LogP contribution in [0.15, 0.2) is 115 Å². The van der Waals surface area contributed by atoms with E-state index in [1.54, 1.807) is 12.1 Å². The van der Waals surface area contributed by atoms with Gasteiger partial charge in [0.1, 0.15) is 11.6 Å². The van der Waals surface area contributed by atoms with Gasteiger partial charge in [-0.25, -0.2) is 4.39 Å². The Morgan fingerprint density at radius 3 is 1.72 bits per heavy atom. The number of aromatic hydroxyl groups is 1. The van der Waals surface area contributed by atoms with Crippen LogP contribution in [0.2, 0.25) is 0 Å². The fraction of sp³-hybridized carbons (Fsp3) is 0. The summed E-state index contributed by atoms with van der Waals surface area (Å²) in [6.45, 7) is 0. The first kappa shape index (κ1) is 20.2. The van der Waals surface area contributed by atoms with Crippen LogP contribution in [0.4, 0.5) is 4.39 Å². The van der Waals surface area contributed by atoms with Crippen molar-refractivity contribution in [1.82, 2.24) is 0 Å². The molecule has 0 fully saturated rings. The predicted octanol–water partition coefficient (Wildman–Crippen LogP) is 5.99. The molecule has 1 N–H and O–H groups in total. The number of benzene rings is 5. The highest BCUT2D eigenvalue weighted by Gasteiger charge is 2.34. The molecule has 0 heterocycles. The Hall–Kier alpha value is -3.68. The standard InChI is InChI=1S/C28H20FO2P/c29-21-16-17-24-26(18-21)28(25(19-27(24)30)20-10-4-1-5-11-20)32(31,22-12-6-2-7-13-22)23-14-8-3-9-15-23/h1-19,30H. The molecule has 0 saturated carbocycles. The lowest BCUT2D eigenvalue weighted by Gasteiger charge is -2.25. The number of hydrogen-bond acceptors (Lipinski definition) is 2. The molecular weight excluding hydrogens is 418 g/mol. The van der Waals surface area contributed by atoms with Gasteiger partial charge in [0, 0.05) is 26.7 Å². The quantitative estimate of drug-likeness (QED) is 0.350. The molecule has 5 aromatic carbocycles. The van der Waals surface area contributed by atoms with Crippen molar-refractivity contribution in [3.63, 3.8) is 0 Å². The van der Waals surface area contributed by atoms with E-state index in [0.29, 0.717) is 32.2 Å². The van der Waals surface area contributed by atoms with Crippen molar-refractivity contribution < 1.29 is 14.1 Å². The Kier molecular flexibility index (Phi) is 5.13. The van der Waals surface area contributed by atoms with Gasteiger partial charge in [-0.05, 0) is 35.4 Å². The Balaban J connectivity index is 2.00. The largest absolute Gasteiger partial charge is 0.507 e. The number of fused-ring (bicyclic) bond motifs is 1. The highest BCUT2D eigenvalue weighted by molar-refractivity contribution is 7.86. The summed E-state index contributed by atoms with van der Waals surface area (Å²) in [6, 6.07) is 33.9. The Bertz CT molecular complexity index is 1410. The molecule has 32 heavy (non-hydrogen) atoms. The van der Waals surface area contributed by atoms with E-state index in [1.807, 2.05) is 91.0 Å². The van der Waals surface area contributed by atoms with E-state index in [-0.39, 0.29) is 5.75 Å². The lowest BCUT2D eigenvalue weighted by Crippen LogP contribution is -2.27. The third kappa shape index (κ3) is 3.32. The highest BCUT2D eigenvalue weighted by Crippen LogP contribution is 2.48. The van der Waals surface area contributed by atoms with Gasteiger partial charge in [0.05, 0.1) is 0 Å². The van der Waals surface area contributed by atoms with Gasteiger partial charge in [-0.3, -0.25) is 0 Å². The van der Waals surface area contributed by atoms with Crippen molar-refractivity contribution >= 4 is 33.8 Å². The molecule has 0 aliphatic rings. The zero-order valence-electron chi connectivity index (χ0n) is 17.2. The molecular formula is C28H20FO2P. The van der Waals surface area contributed by atoms with Crippen molar-refractivity contribution in [2.24, 2.45) is 0 Å². The number of rotatable bonds is 4. The van der Waals surface area contributed by atoms with Gasteiger partial charge in [-0.2, -0.15) is 0 Å². The summed E-state index contributed by atoms with van der Waals surface area (Å²) in [5, 5.41) is 13.6. The Morgan fingerprint density at radius 1 is 0.625 bits per heavy atom. The average molecular weight is 438 g/mol. The van der Waals surface area contributed by atoms with Gasteiger partial charge in [-0.15, -0.1) is 0 Å². The van der Waals surface area contributed by atoms with E-state index in [2.05, 4.69) is 0 Å². The first-order valence-corrected chi connectivity index (χ1v) is 12.0. The van der Waals surface area contributed by atoms with Crippen LogP contribution in [0, 0.1) is 5.82 Å². The summed E-state index contributed by atoms with van der Waals surface area (Å²) >= 11 is 0. The van der Waals surface area contributed by atoms with Gasteiger partial charge >= 0.3 is 0 Å². The predicted molar refractivity (Wildman–Crippen MR) is 130 cm³/mol. The summed E-state index contributed by atoms with van der Waals surface area (Å²) in [5.41, 5.74) is 1.42. The first-order valence-electron chi connectivity index (χ1n) is 10.3. The number of halogens is 1. The van der Waals surface area contributed by atoms with Crippen LogP contribution in [-0.4, -0.2) is 5.11 Å². The maximum absolute atomic E-state index is 15.2. The maximum atomic E-state index is 15.2. The number of phenolic OH excluding ortho intramolecular Hbond substituents is 1. The van der Waals surface area contributed by atoms with Crippen molar-refractivity contribution in [2.45, 2.75) is 0 Å². The van der Waals surface area contributed by atoms with Gasteiger partial charge in [-0.1, -0.05) is 91.0 Å². The SMILES string of the molecule is O=P(c1ccccc1)(c1ccccc1)c1c(-c2ccccc2)cc(O)c2ccc(F)cc12. The van der Waals surface area contributed by atoms with Gasteiger partial charge in [0.15, 0.2) is 7.14 Å². The number of hydrogen-bond donors (Lipinski definition) is 1. The van der Waals surface area contributed by atoms with Crippen molar-refractivity contribution in [2.75, 3.05) is 0 Å². The van der Waals surface area contributed by atoms with Crippen LogP contribution in [0.5, 0.6) is 5.75 Å². The van der Waals surface area contributed by atoms with Crippen LogP contribution in [-0.2, 0) is 4.57 Å². The number of phenols is 1. The van der Waals surface area contributed by atoms with E-state index in [0.717, 1.165) is 5.56 Å². The normalized spacial score (nSPS) is 11.5. The minimum absolute atomic E-state index is 0.0234. The zero-order chi connectivity index (χ0) is 22.1. The lowest BCUT2D eigenvalue weighted by molar-refractivity contribution is 0.482. The van der Waals surface area contributed by atoms with Crippen LogP contribution in [0.1, 0.15) is 0 Å². The molecule has 0 aromatic heterocycles. The second kappa shape index (κ2) is 8.11. The Morgan fingerprint density at radius 2 is 1.16 bits per heavy atom. The topological polar surface area (TPSA) is 37.3 Å². The fourth-order valence-corrected chi connectivity index (χ4v) is 7.28. The van der Waals surface area contributed by atoms with E-state index in [1.165, 1.54) is 12.1 Å². The monoisotopic (exact) mass is 438 g/mol. The molecule has 5 rings (SSSR count). The molecule has 4 heteroatoms. The molecule has 0 spiro atoms. The maximum Gasteiger partial charge on any atom is 0.172 e. The molecule has 0 bridgehead atoms. The van der Waals surface area contributed by atoms with E-state index in [9.17, 15) is 9.50 Å². The summed E-state index contributed by atoms with van der Waals surface area (Å²) in [7, 11) is -3.44. The molecule has 0 saturated heterocycles. The van der Waals surface area contributed by atoms with E-state index < -0.39 is 13.0 Å². The molecule has 0 aliphatic heterocycles. The molecule has 0 unspecified atom stereocenters. The van der Waals surface area contributed by atoms with Crippen LogP contribution < -0.4 is 15.9 Å². The summed E-state index contributed by atoms with van der Waals surface area (Å²) in [4.78, 5) is 0. The first-order chi connectivity index (χ1) is 15.6. The minimum Gasteiger partial charge on any atom is -0.507 e. The Labute approximate surface area is 186 Å².